The fourth-order valence-electron chi connectivity index (χ4n) is 7.29. The van der Waals surface area contributed by atoms with Crippen molar-refractivity contribution in [2.75, 3.05) is 18.4 Å². The van der Waals surface area contributed by atoms with Crippen LogP contribution in [0, 0.1) is 0 Å². The molecule has 2 fully saturated rings. The Hall–Kier alpha value is -6.11. The SMILES string of the molecule is O=C(Nc1ccc(-c2ncc(-c3ccc4nc([C@@H]5CCCN5C(=O)[C@H](O)c5ccccc5)[nH]c4c3)o2)cc1)C1CCCN1C(=O)[C@H](O)c1ccccc1. The zero-order valence-corrected chi connectivity index (χ0v) is 28.8. The molecule has 2 aliphatic rings. The van der Waals surface area contributed by atoms with Gasteiger partial charge in [-0.05, 0) is 79.3 Å². The maximum Gasteiger partial charge on any atom is 0.256 e. The van der Waals surface area contributed by atoms with Crippen LogP contribution in [0.5, 0.6) is 0 Å². The minimum atomic E-state index is -1.32. The first kappa shape index (κ1) is 34.0. The molecule has 1 unspecified atom stereocenters. The molecule has 2 saturated heterocycles. The molecule has 0 saturated carbocycles. The van der Waals surface area contributed by atoms with Gasteiger partial charge in [-0.2, -0.15) is 0 Å². The number of oxazole rings is 1. The van der Waals surface area contributed by atoms with Gasteiger partial charge >= 0.3 is 0 Å². The topological polar surface area (TPSA) is 165 Å². The van der Waals surface area contributed by atoms with E-state index in [0.717, 1.165) is 29.4 Å². The fraction of sp³-hybridized carbons (Fsp3) is 0.244. The van der Waals surface area contributed by atoms with Crippen molar-refractivity contribution >= 4 is 34.4 Å². The second kappa shape index (κ2) is 14.5. The van der Waals surface area contributed by atoms with Crippen molar-refractivity contribution in [3.63, 3.8) is 0 Å². The van der Waals surface area contributed by atoms with E-state index in [2.05, 4.69) is 15.3 Å². The predicted octanol–water partition coefficient (Wildman–Crippen LogP) is 5.95. The van der Waals surface area contributed by atoms with Crippen molar-refractivity contribution in [2.24, 2.45) is 0 Å². The lowest BCUT2D eigenvalue weighted by Gasteiger charge is -2.26. The minimum Gasteiger partial charge on any atom is -0.436 e. The molecule has 4 heterocycles. The van der Waals surface area contributed by atoms with E-state index in [4.69, 9.17) is 9.40 Å². The molecular formula is C41H38N6O6. The lowest BCUT2D eigenvalue weighted by Crippen LogP contribution is -2.45. The molecule has 12 heteroatoms. The van der Waals surface area contributed by atoms with Crippen LogP contribution in [0.15, 0.2) is 114 Å². The molecule has 2 aliphatic heterocycles. The lowest BCUT2D eigenvalue weighted by atomic mass is 10.1. The van der Waals surface area contributed by atoms with E-state index in [9.17, 15) is 24.6 Å². The average molecular weight is 711 g/mol. The summed E-state index contributed by atoms with van der Waals surface area (Å²) in [5, 5.41) is 24.3. The molecule has 6 aromatic rings. The number of nitrogens with one attached hydrogen (secondary N) is 2. The molecule has 12 nitrogen and oxygen atoms in total. The number of carbonyl (C=O) groups is 3. The first-order valence-corrected chi connectivity index (χ1v) is 17.8. The number of aromatic amines is 1. The Labute approximate surface area is 305 Å². The van der Waals surface area contributed by atoms with E-state index in [1.54, 1.807) is 83.9 Å². The summed E-state index contributed by atoms with van der Waals surface area (Å²) in [5.41, 5.74) is 4.66. The summed E-state index contributed by atoms with van der Waals surface area (Å²) in [7, 11) is 0. The number of imidazole rings is 1. The smallest absolute Gasteiger partial charge is 0.256 e. The number of amides is 3. The van der Waals surface area contributed by atoms with Crippen LogP contribution in [-0.2, 0) is 14.4 Å². The van der Waals surface area contributed by atoms with Crippen molar-refractivity contribution in [3.05, 3.63) is 126 Å². The van der Waals surface area contributed by atoms with Crippen molar-refractivity contribution in [2.45, 2.75) is 50.0 Å². The molecule has 0 radical (unpaired) electrons. The van der Waals surface area contributed by atoms with Crippen LogP contribution in [-0.4, -0.2) is 71.8 Å². The van der Waals surface area contributed by atoms with Crippen LogP contribution in [0.1, 0.15) is 60.9 Å². The summed E-state index contributed by atoms with van der Waals surface area (Å²) < 4.78 is 6.15. The number of likely N-dealkylation sites (tertiary alicyclic amines) is 2. The summed E-state index contributed by atoms with van der Waals surface area (Å²) in [4.78, 5) is 55.5. The van der Waals surface area contributed by atoms with Crippen molar-refractivity contribution < 1.29 is 29.0 Å². The number of rotatable bonds is 9. The lowest BCUT2D eigenvalue weighted by molar-refractivity contribution is -0.144. The van der Waals surface area contributed by atoms with E-state index >= 15 is 0 Å². The van der Waals surface area contributed by atoms with Gasteiger partial charge in [-0.25, -0.2) is 9.97 Å². The van der Waals surface area contributed by atoms with Gasteiger partial charge in [0.05, 0.1) is 23.3 Å². The first-order chi connectivity index (χ1) is 25.8. The maximum atomic E-state index is 13.3. The minimum absolute atomic E-state index is 0.270. The van der Waals surface area contributed by atoms with E-state index in [0.29, 0.717) is 65.8 Å². The van der Waals surface area contributed by atoms with Gasteiger partial charge in [0, 0.05) is 29.9 Å². The van der Waals surface area contributed by atoms with Gasteiger partial charge in [0.25, 0.3) is 11.8 Å². The van der Waals surface area contributed by atoms with Gasteiger partial charge in [0.1, 0.15) is 11.9 Å². The van der Waals surface area contributed by atoms with Gasteiger partial charge < -0.3 is 34.7 Å². The monoisotopic (exact) mass is 710 g/mol. The Balaban J connectivity index is 0.924. The summed E-state index contributed by atoms with van der Waals surface area (Å²) >= 11 is 0. The van der Waals surface area contributed by atoms with Gasteiger partial charge in [0.2, 0.25) is 11.8 Å². The van der Waals surface area contributed by atoms with Crippen LogP contribution >= 0.6 is 0 Å². The van der Waals surface area contributed by atoms with E-state index < -0.39 is 24.2 Å². The molecule has 4 N–H and O–H groups in total. The molecule has 2 aromatic heterocycles. The van der Waals surface area contributed by atoms with Crippen LogP contribution in [0.3, 0.4) is 0 Å². The summed E-state index contributed by atoms with van der Waals surface area (Å²) in [6, 6.07) is 29.6. The first-order valence-electron chi connectivity index (χ1n) is 17.8. The zero-order chi connectivity index (χ0) is 36.5. The summed E-state index contributed by atoms with van der Waals surface area (Å²) in [6.07, 6.45) is 1.84. The second-order valence-electron chi connectivity index (χ2n) is 13.5. The molecule has 0 aliphatic carbocycles. The van der Waals surface area contributed by atoms with E-state index in [1.165, 1.54) is 4.90 Å². The summed E-state index contributed by atoms with van der Waals surface area (Å²) in [5.74, 6) is 0.507. The largest absolute Gasteiger partial charge is 0.436 e. The quantitative estimate of drug-likeness (QED) is 0.143. The number of H-pyrrole nitrogens is 1. The number of benzene rings is 4. The predicted molar refractivity (Wildman–Crippen MR) is 197 cm³/mol. The molecule has 3 amide bonds. The third-order valence-electron chi connectivity index (χ3n) is 10.1. The maximum absolute atomic E-state index is 13.3. The molecule has 8 rings (SSSR count). The molecule has 4 aromatic carbocycles. The van der Waals surface area contributed by atoms with Crippen LogP contribution in [0.4, 0.5) is 5.69 Å². The zero-order valence-electron chi connectivity index (χ0n) is 28.8. The molecule has 0 spiro atoms. The van der Waals surface area contributed by atoms with Crippen molar-refractivity contribution in [3.8, 4) is 22.8 Å². The number of aromatic nitrogens is 3. The van der Waals surface area contributed by atoms with Crippen molar-refractivity contribution in [1.29, 1.82) is 0 Å². The number of carbonyl (C=O) groups excluding carboxylic acids is 3. The fourth-order valence-corrected chi connectivity index (χ4v) is 7.29. The van der Waals surface area contributed by atoms with Crippen molar-refractivity contribution in [1.82, 2.24) is 24.8 Å². The molecular weight excluding hydrogens is 672 g/mol. The number of hydrogen-bond acceptors (Lipinski definition) is 8. The number of aliphatic hydroxyl groups excluding tert-OH is 2. The number of anilines is 1. The number of aliphatic hydroxyl groups is 2. The Morgan fingerprint density at radius 3 is 2.09 bits per heavy atom. The highest BCUT2D eigenvalue weighted by Gasteiger charge is 2.38. The van der Waals surface area contributed by atoms with E-state index in [1.807, 2.05) is 30.3 Å². The molecule has 0 bridgehead atoms. The van der Waals surface area contributed by atoms with Crippen LogP contribution in [0.2, 0.25) is 0 Å². The summed E-state index contributed by atoms with van der Waals surface area (Å²) in [6.45, 7) is 0.950. The van der Waals surface area contributed by atoms with Gasteiger partial charge in [-0.1, -0.05) is 60.7 Å². The highest BCUT2D eigenvalue weighted by atomic mass is 16.4. The average Bonchev–Trinajstić information content (AvgIpc) is 4.04. The Kier molecular flexibility index (Phi) is 9.30. The van der Waals surface area contributed by atoms with E-state index in [-0.39, 0.29) is 17.9 Å². The third-order valence-corrected chi connectivity index (χ3v) is 10.1. The Morgan fingerprint density at radius 1 is 0.774 bits per heavy atom. The standard InChI is InChI=1S/C41H38N6O6/c48-35(25-9-3-1-4-10-25)40(51)46-21-7-13-32(46)37-44-30-20-17-28(23-31(30)45-37)34-24-42-39(53-34)27-15-18-29(19-16-27)43-38(50)33-14-8-22-47(33)41(52)36(49)26-11-5-2-6-12-26/h1-6,9-12,15-20,23-24,32-33,35-36,48-49H,7-8,13-14,21-22H2,(H,43,50)(H,44,45)/t32-,33?,35+,36+/m0/s1. The van der Waals surface area contributed by atoms with Gasteiger partial charge in [-0.3, -0.25) is 14.4 Å². The van der Waals surface area contributed by atoms with Gasteiger partial charge in [-0.15, -0.1) is 0 Å². The third kappa shape index (κ3) is 6.82. The number of hydrogen-bond donors (Lipinski definition) is 4. The second-order valence-corrected chi connectivity index (χ2v) is 13.5. The molecule has 268 valence electrons. The highest BCUT2D eigenvalue weighted by molar-refractivity contribution is 5.98. The molecule has 4 atom stereocenters. The normalized spacial score (nSPS) is 18.3. The Bertz CT molecular complexity index is 2250. The number of nitrogens with zero attached hydrogens (tertiary/aromatic N) is 4. The Morgan fingerprint density at radius 2 is 1.40 bits per heavy atom. The van der Waals surface area contributed by atoms with Crippen LogP contribution in [0.25, 0.3) is 33.8 Å². The molecule has 53 heavy (non-hydrogen) atoms. The van der Waals surface area contributed by atoms with Gasteiger partial charge in [0.15, 0.2) is 18.0 Å². The van der Waals surface area contributed by atoms with Crippen LogP contribution < -0.4 is 5.32 Å². The highest BCUT2D eigenvalue weighted by Crippen LogP contribution is 2.35. The number of fused-ring (bicyclic) bond motifs is 1.